The zero-order valence-electron chi connectivity index (χ0n) is 13.7. The zero-order chi connectivity index (χ0) is 17.9. The highest BCUT2D eigenvalue weighted by Gasteiger charge is 2.28. The largest absolute Gasteiger partial charge is 0.482 e. The SMILES string of the molecule is O=C(CN1C(=O)COc2ccc(-c3cscn3)cc21)NCc1ccco1. The van der Waals surface area contributed by atoms with Crippen LogP contribution in [0, 0.1) is 0 Å². The summed E-state index contributed by atoms with van der Waals surface area (Å²) in [5, 5.41) is 4.67. The van der Waals surface area contributed by atoms with Crippen molar-refractivity contribution in [3.05, 3.63) is 53.2 Å². The van der Waals surface area contributed by atoms with Crippen LogP contribution in [0.1, 0.15) is 5.76 Å². The fourth-order valence-electron chi connectivity index (χ4n) is 2.69. The molecule has 0 bridgehead atoms. The molecule has 4 rings (SSSR count). The van der Waals surface area contributed by atoms with Gasteiger partial charge in [-0.25, -0.2) is 4.98 Å². The molecule has 0 saturated carbocycles. The van der Waals surface area contributed by atoms with Gasteiger partial charge in [0.2, 0.25) is 5.91 Å². The van der Waals surface area contributed by atoms with E-state index in [1.807, 2.05) is 17.5 Å². The first-order chi connectivity index (χ1) is 12.7. The van der Waals surface area contributed by atoms with Gasteiger partial charge in [0.15, 0.2) is 6.61 Å². The van der Waals surface area contributed by atoms with Crippen LogP contribution in [0.2, 0.25) is 0 Å². The van der Waals surface area contributed by atoms with Crippen LogP contribution in [0.25, 0.3) is 11.3 Å². The molecule has 8 heteroatoms. The number of thiazole rings is 1. The lowest BCUT2D eigenvalue weighted by atomic mass is 10.1. The fraction of sp³-hybridized carbons (Fsp3) is 0.167. The van der Waals surface area contributed by atoms with E-state index in [0.717, 1.165) is 11.3 Å². The van der Waals surface area contributed by atoms with E-state index >= 15 is 0 Å². The molecule has 1 N–H and O–H groups in total. The van der Waals surface area contributed by atoms with Crippen LogP contribution >= 0.6 is 11.3 Å². The molecule has 0 spiro atoms. The van der Waals surface area contributed by atoms with Crippen LogP contribution in [0.15, 0.2) is 51.9 Å². The second kappa shape index (κ2) is 7.01. The van der Waals surface area contributed by atoms with E-state index in [0.29, 0.717) is 17.2 Å². The van der Waals surface area contributed by atoms with E-state index in [1.54, 1.807) is 30.0 Å². The van der Waals surface area contributed by atoms with Crippen molar-refractivity contribution in [2.75, 3.05) is 18.1 Å². The number of nitrogens with zero attached hydrogens (tertiary/aromatic N) is 2. The lowest BCUT2D eigenvalue weighted by Crippen LogP contribution is -2.45. The van der Waals surface area contributed by atoms with Crippen molar-refractivity contribution in [1.82, 2.24) is 10.3 Å². The maximum atomic E-state index is 12.3. The minimum Gasteiger partial charge on any atom is -0.482 e. The molecule has 0 radical (unpaired) electrons. The highest BCUT2D eigenvalue weighted by atomic mass is 32.1. The highest BCUT2D eigenvalue weighted by molar-refractivity contribution is 7.07. The molecule has 2 amide bonds. The number of carbonyl (C=O) groups is 2. The maximum Gasteiger partial charge on any atom is 0.265 e. The van der Waals surface area contributed by atoms with Crippen LogP contribution in [0.4, 0.5) is 5.69 Å². The van der Waals surface area contributed by atoms with Crippen molar-refractivity contribution in [3.8, 4) is 17.0 Å². The zero-order valence-corrected chi connectivity index (χ0v) is 14.5. The minimum absolute atomic E-state index is 0.0869. The molecule has 0 aliphatic carbocycles. The third-order valence-electron chi connectivity index (χ3n) is 3.97. The Labute approximate surface area is 153 Å². The lowest BCUT2D eigenvalue weighted by molar-refractivity contribution is -0.125. The normalized spacial score (nSPS) is 13.2. The van der Waals surface area contributed by atoms with Gasteiger partial charge in [-0.2, -0.15) is 0 Å². The molecule has 0 atom stereocenters. The Morgan fingerprint density at radius 3 is 3.04 bits per heavy atom. The molecule has 1 aliphatic rings. The molecular weight excluding hydrogens is 354 g/mol. The Kier molecular flexibility index (Phi) is 4.40. The first-order valence-electron chi connectivity index (χ1n) is 7.95. The predicted molar refractivity (Wildman–Crippen MR) is 96.0 cm³/mol. The van der Waals surface area contributed by atoms with Crippen molar-refractivity contribution in [2.24, 2.45) is 0 Å². The number of amides is 2. The van der Waals surface area contributed by atoms with Crippen LogP contribution < -0.4 is 15.0 Å². The predicted octanol–water partition coefficient (Wildman–Crippen LogP) is 2.44. The average Bonchev–Trinajstić information content (AvgIpc) is 3.36. The summed E-state index contributed by atoms with van der Waals surface area (Å²) >= 11 is 1.49. The second-order valence-corrected chi connectivity index (χ2v) is 6.40. The van der Waals surface area contributed by atoms with Gasteiger partial charge in [0, 0.05) is 10.9 Å². The molecular formula is C18H15N3O4S. The van der Waals surface area contributed by atoms with E-state index < -0.39 is 0 Å². The summed E-state index contributed by atoms with van der Waals surface area (Å²) in [4.78, 5) is 30.3. The number of carbonyl (C=O) groups excluding carboxylic acids is 2. The minimum atomic E-state index is -0.276. The molecule has 0 fully saturated rings. The van der Waals surface area contributed by atoms with Gasteiger partial charge in [-0.05, 0) is 30.3 Å². The number of benzene rings is 1. The third-order valence-corrected chi connectivity index (χ3v) is 4.56. The van der Waals surface area contributed by atoms with Gasteiger partial charge in [0.25, 0.3) is 5.91 Å². The Hall–Kier alpha value is -3.13. The molecule has 0 saturated heterocycles. The average molecular weight is 369 g/mol. The van der Waals surface area contributed by atoms with E-state index in [2.05, 4.69) is 10.3 Å². The molecule has 7 nitrogen and oxygen atoms in total. The Balaban J connectivity index is 1.53. The van der Waals surface area contributed by atoms with Crippen molar-refractivity contribution in [2.45, 2.75) is 6.54 Å². The number of nitrogens with one attached hydrogen (secondary N) is 1. The summed E-state index contributed by atoms with van der Waals surface area (Å²) in [7, 11) is 0. The molecule has 1 aromatic carbocycles. The van der Waals surface area contributed by atoms with E-state index in [4.69, 9.17) is 9.15 Å². The highest BCUT2D eigenvalue weighted by Crippen LogP contribution is 2.35. The maximum absolute atomic E-state index is 12.3. The molecule has 26 heavy (non-hydrogen) atoms. The summed E-state index contributed by atoms with van der Waals surface area (Å²) in [5.74, 6) is 0.683. The Bertz CT molecular complexity index is 922. The van der Waals surface area contributed by atoms with Gasteiger partial charge in [-0.3, -0.25) is 14.5 Å². The standard InChI is InChI=1S/C18H15N3O4S/c22-17(19-7-13-2-1-5-24-13)8-21-15-6-12(14-10-26-11-20-14)3-4-16(15)25-9-18(21)23/h1-6,10-11H,7-9H2,(H,19,22). The topological polar surface area (TPSA) is 84.7 Å². The number of hydrogen-bond acceptors (Lipinski definition) is 6. The first-order valence-corrected chi connectivity index (χ1v) is 8.90. The summed E-state index contributed by atoms with van der Waals surface area (Å²) in [6.07, 6.45) is 1.54. The molecule has 0 unspecified atom stereocenters. The van der Waals surface area contributed by atoms with Gasteiger partial charge < -0.3 is 14.5 Å². The van der Waals surface area contributed by atoms with Crippen LogP contribution in [0.5, 0.6) is 5.75 Å². The van der Waals surface area contributed by atoms with Gasteiger partial charge >= 0.3 is 0 Å². The number of anilines is 1. The van der Waals surface area contributed by atoms with Crippen LogP contribution in [0.3, 0.4) is 0 Å². The number of ether oxygens (including phenoxy) is 1. The molecule has 132 valence electrons. The molecule has 3 aromatic rings. The van der Waals surface area contributed by atoms with Gasteiger partial charge in [-0.1, -0.05) is 0 Å². The van der Waals surface area contributed by atoms with Crippen LogP contribution in [-0.2, 0) is 16.1 Å². The number of furan rings is 1. The number of aromatic nitrogens is 1. The van der Waals surface area contributed by atoms with Crippen molar-refractivity contribution >= 4 is 28.8 Å². The molecule has 1 aliphatic heterocycles. The van der Waals surface area contributed by atoms with Gasteiger partial charge in [0.05, 0.1) is 29.7 Å². The summed E-state index contributed by atoms with van der Waals surface area (Å²) < 4.78 is 10.7. The number of fused-ring (bicyclic) bond motifs is 1. The van der Waals surface area contributed by atoms with Crippen LogP contribution in [-0.4, -0.2) is 29.9 Å². The van der Waals surface area contributed by atoms with Crippen molar-refractivity contribution in [3.63, 3.8) is 0 Å². The lowest BCUT2D eigenvalue weighted by Gasteiger charge is -2.29. The summed E-state index contributed by atoms with van der Waals surface area (Å²) in [6, 6.07) is 9.03. The van der Waals surface area contributed by atoms with E-state index in [-0.39, 0.29) is 31.5 Å². The first kappa shape index (κ1) is 16.3. The fourth-order valence-corrected chi connectivity index (χ4v) is 3.25. The van der Waals surface area contributed by atoms with E-state index in [9.17, 15) is 9.59 Å². The van der Waals surface area contributed by atoms with Gasteiger partial charge in [-0.15, -0.1) is 11.3 Å². The Morgan fingerprint density at radius 1 is 1.35 bits per heavy atom. The monoisotopic (exact) mass is 369 g/mol. The quantitative estimate of drug-likeness (QED) is 0.747. The van der Waals surface area contributed by atoms with E-state index in [1.165, 1.54) is 16.2 Å². The third kappa shape index (κ3) is 3.31. The molecule has 3 heterocycles. The van der Waals surface area contributed by atoms with Crippen molar-refractivity contribution < 1.29 is 18.7 Å². The second-order valence-electron chi connectivity index (χ2n) is 5.68. The summed E-state index contributed by atoms with van der Waals surface area (Å²) in [5.41, 5.74) is 4.00. The Morgan fingerprint density at radius 2 is 2.27 bits per heavy atom. The number of hydrogen-bond donors (Lipinski definition) is 1. The van der Waals surface area contributed by atoms with Gasteiger partial charge in [0.1, 0.15) is 18.1 Å². The molecule has 2 aromatic heterocycles. The number of rotatable bonds is 5. The smallest absolute Gasteiger partial charge is 0.265 e. The summed E-state index contributed by atoms with van der Waals surface area (Å²) in [6.45, 7) is 0.0982. The van der Waals surface area contributed by atoms with Crippen molar-refractivity contribution in [1.29, 1.82) is 0 Å².